The van der Waals surface area contributed by atoms with Crippen LogP contribution in [0, 0.1) is 12.8 Å². The Hall–Kier alpha value is -1.62. The summed E-state index contributed by atoms with van der Waals surface area (Å²) in [5.74, 6) is 0.426. The van der Waals surface area contributed by atoms with Crippen molar-refractivity contribution in [2.75, 3.05) is 6.54 Å². The van der Waals surface area contributed by atoms with Gasteiger partial charge >= 0.3 is 0 Å². The minimum absolute atomic E-state index is 0.0193. The molecule has 0 aliphatic heterocycles. The third kappa shape index (κ3) is 4.43. The van der Waals surface area contributed by atoms with Crippen LogP contribution in [0.3, 0.4) is 0 Å². The second-order valence-electron chi connectivity index (χ2n) is 5.59. The Morgan fingerprint density at radius 2 is 2.00 bits per heavy atom. The van der Waals surface area contributed by atoms with Gasteiger partial charge in [0.15, 0.2) is 0 Å². The van der Waals surface area contributed by atoms with Crippen LogP contribution in [0.2, 0.25) is 0 Å². The van der Waals surface area contributed by atoms with E-state index in [-0.39, 0.29) is 12.5 Å². The fourth-order valence-corrected chi connectivity index (χ4v) is 2.45. The number of carbonyl (C=O) groups excluding carboxylic acids is 1. The first-order chi connectivity index (χ1) is 9.95. The second-order valence-corrected chi connectivity index (χ2v) is 6.44. The zero-order chi connectivity index (χ0) is 15.4. The molecular formula is C16H20BrN3O. The van der Waals surface area contributed by atoms with Crippen LogP contribution in [0.4, 0.5) is 0 Å². The third-order valence-corrected chi connectivity index (χ3v) is 3.64. The van der Waals surface area contributed by atoms with Gasteiger partial charge in [0.1, 0.15) is 12.2 Å². The minimum Gasteiger partial charge on any atom is -0.354 e. The van der Waals surface area contributed by atoms with Gasteiger partial charge in [-0.2, -0.15) is 5.10 Å². The number of halogens is 1. The van der Waals surface area contributed by atoms with Gasteiger partial charge in [-0.05, 0) is 28.8 Å². The van der Waals surface area contributed by atoms with E-state index in [1.165, 1.54) is 5.56 Å². The molecule has 0 unspecified atom stereocenters. The average molecular weight is 350 g/mol. The summed E-state index contributed by atoms with van der Waals surface area (Å²) in [6.07, 6.45) is 1.84. The quantitative estimate of drug-likeness (QED) is 0.899. The number of hydrogen-bond donors (Lipinski definition) is 1. The number of aromatic nitrogens is 2. The molecule has 0 fully saturated rings. The Bertz CT molecular complexity index is 617. The van der Waals surface area contributed by atoms with E-state index in [9.17, 15) is 4.79 Å². The summed E-state index contributed by atoms with van der Waals surface area (Å²) in [6.45, 7) is 7.11. The molecule has 2 aromatic rings. The van der Waals surface area contributed by atoms with E-state index in [0.29, 0.717) is 12.5 Å². The predicted molar refractivity (Wildman–Crippen MR) is 87.9 cm³/mol. The first-order valence-electron chi connectivity index (χ1n) is 7.02. The Morgan fingerprint density at radius 3 is 2.62 bits per heavy atom. The molecule has 0 spiro atoms. The molecule has 0 aliphatic rings. The highest BCUT2D eigenvalue weighted by atomic mass is 79.9. The van der Waals surface area contributed by atoms with Crippen LogP contribution in [0.1, 0.15) is 19.4 Å². The number of rotatable bonds is 5. The van der Waals surface area contributed by atoms with E-state index < -0.39 is 0 Å². The van der Waals surface area contributed by atoms with Crippen LogP contribution < -0.4 is 5.32 Å². The van der Waals surface area contributed by atoms with Crippen molar-refractivity contribution in [3.8, 4) is 11.3 Å². The molecule has 1 amide bonds. The van der Waals surface area contributed by atoms with E-state index in [2.05, 4.69) is 59.2 Å². The molecule has 1 heterocycles. The molecule has 0 radical (unpaired) electrons. The summed E-state index contributed by atoms with van der Waals surface area (Å²) >= 11 is 3.51. The zero-order valence-electron chi connectivity index (χ0n) is 12.6. The lowest BCUT2D eigenvalue weighted by atomic mass is 10.1. The first kappa shape index (κ1) is 15.8. The van der Waals surface area contributed by atoms with E-state index >= 15 is 0 Å². The zero-order valence-corrected chi connectivity index (χ0v) is 14.1. The van der Waals surface area contributed by atoms with E-state index in [1.54, 1.807) is 4.68 Å². The highest BCUT2D eigenvalue weighted by Gasteiger charge is 2.11. The normalized spacial score (nSPS) is 10.9. The van der Waals surface area contributed by atoms with E-state index in [4.69, 9.17) is 0 Å². The lowest BCUT2D eigenvalue weighted by molar-refractivity contribution is -0.122. The Labute approximate surface area is 133 Å². The third-order valence-electron chi connectivity index (χ3n) is 3.06. The number of amides is 1. The van der Waals surface area contributed by atoms with E-state index in [0.717, 1.165) is 15.7 Å². The van der Waals surface area contributed by atoms with Gasteiger partial charge in [-0.1, -0.05) is 43.7 Å². The number of nitrogens with one attached hydrogen (secondary N) is 1. The fourth-order valence-electron chi connectivity index (χ4n) is 1.91. The molecule has 1 aromatic carbocycles. The van der Waals surface area contributed by atoms with Gasteiger partial charge < -0.3 is 5.32 Å². The minimum atomic E-state index is -0.0193. The molecule has 0 saturated carbocycles. The fraction of sp³-hybridized carbons (Fsp3) is 0.375. The molecule has 5 heteroatoms. The molecule has 2 rings (SSSR count). The first-order valence-corrected chi connectivity index (χ1v) is 7.81. The van der Waals surface area contributed by atoms with Crippen molar-refractivity contribution >= 4 is 21.8 Å². The number of hydrogen-bond acceptors (Lipinski definition) is 2. The topological polar surface area (TPSA) is 46.9 Å². The maximum atomic E-state index is 11.8. The summed E-state index contributed by atoms with van der Waals surface area (Å²) in [7, 11) is 0. The van der Waals surface area contributed by atoms with Gasteiger partial charge in [0, 0.05) is 18.3 Å². The largest absolute Gasteiger partial charge is 0.354 e. The molecule has 21 heavy (non-hydrogen) atoms. The van der Waals surface area contributed by atoms with Crippen LogP contribution in [-0.2, 0) is 11.3 Å². The molecule has 4 nitrogen and oxygen atoms in total. The number of carbonyl (C=O) groups is 1. The van der Waals surface area contributed by atoms with Gasteiger partial charge in [0.25, 0.3) is 0 Å². The number of aryl methyl sites for hydroxylation is 1. The molecule has 112 valence electrons. The van der Waals surface area contributed by atoms with Crippen LogP contribution in [0.25, 0.3) is 11.3 Å². The van der Waals surface area contributed by atoms with Gasteiger partial charge in [-0.15, -0.1) is 0 Å². The molecule has 1 aromatic heterocycles. The number of nitrogens with zero attached hydrogens (tertiary/aromatic N) is 2. The second kappa shape index (κ2) is 6.89. The lowest BCUT2D eigenvalue weighted by Crippen LogP contribution is -2.30. The Morgan fingerprint density at radius 1 is 1.33 bits per heavy atom. The van der Waals surface area contributed by atoms with Crippen molar-refractivity contribution in [3.63, 3.8) is 0 Å². The van der Waals surface area contributed by atoms with Crippen molar-refractivity contribution in [2.24, 2.45) is 5.92 Å². The predicted octanol–water partition coefficient (Wildman–Crippen LogP) is 3.39. The summed E-state index contributed by atoms with van der Waals surface area (Å²) in [4.78, 5) is 11.8. The molecule has 0 aliphatic carbocycles. The van der Waals surface area contributed by atoms with Gasteiger partial charge in [0.05, 0.1) is 4.47 Å². The summed E-state index contributed by atoms with van der Waals surface area (Å²) in [6, 6.07) is 8.17. The monoisotopic (exact) mass is 349 g/mol. The van der Waals surface area contributed by atoms with E-state index in [1.807, 2.05) is 18.3 Å². The maximum absolute atomic E-state index is 11.8. The van der Waals surface area contributed by atoms with Gasteiger partial charge in [-0.25, -0.2) is 0 Å². The van der Waals surface area contributed by atoms with Crippen molar-refractivity contribution in [1.29, 1.82) is 0 Å². The lowest BCUT2D eigenvalue weighted by Gasteiger charge is -2.07. The van der Waals surface area contributed by atoms with Crippen LogP contribution in [0.5, 0.6) is 0 Å². The standard InChI is InChI=1S/C16H20BrN3O/c1-11(2)8-18-15(21)10-20-9-14(17)16(19-20)13-6-4-12(3)5-7-13/h4-7,9,11H,8,10H2,1-3H3,(H,18,21). The summed E-state index contributed by atoms with van der Waals surface area (Å²) in [5, 5.41) is 7.38. The SMILES string of the molecule is Cc1ccc(-c2nn(CC(=O)NCC(C)C)cc2Br)cc1. The van der Waals surface area contributed by atoms with Crippen LogP contribution in [-0.4, -0.2) is 22.2 Å². The molecule has 0 atom stereocenters. The maximum Gasteiger partial charge on any atom is 0.241 e. The highest BCUT2D eigenvalue weighted by Crippen LogP contribution is 2.26. The van der Waals surface area contributed by atoms with Crippen molar-refractivity contribution in [3.05, 3.63) is 40.5 Å². The van der Waals surface area contributed by atoms with Crippen molar-refractivity contribution < 1.29 is 4.79 Å². The van der Waals surface area contributed by atoms with Gasteiger partial charge in [-0.3, -0.25) is 9.48 Å². The Balaban J connectivity index is 2.08. The average Bonchev–Trinajstić information content (AvgIpc) is 2.78. The number of benzene rings is 1. The summed E-state index contributed by atoms with van der Waals surface area (Å²) < 4.78 is 2.55. The van der Waals surface area contributed by atoms with Crippen LogP contribution in [0.15, 0.2) is 34.9 Å². The van der Waals surface area contributed by atoms with Crippen molar-refractivity contribution in [2.45, 2.75) is 27.3 Å². The smallest absolute Gasteiger partial charge is 0.241 e. The molecule has 0 saturated heterocycles. The molecular weight excluding hydrogens is 330 g/mol. The van der Waals surface area contributed by atoms with Gasteiger partial charge in [0.2, 0.25) is 5.91 Å². The highest BCUT2D eigenvalue weighted by molar-refractivity contribution is 9.10. The van der Waals surface area contributed by atoms with Crippen molar-refractivity contribution in [1.82, 2.24) is 15.1 Å². The molecule has 0 bridgehead atoms. The molecule has 1 N–H and O–H groups in total. The van der Waals surface area contributed by atoms with Crippen LogP contribution >= 0.6 is 15.9 Å². The Kier molecular flexibility index (Phi) is 5.17. The summed E-state index contributed by atoms with van der Waals surface area (Å²) in [5.41, 5.74) is 3.10.